The number of anilines is 1. The number of nitrogens with two attached hydrogens (primary N) is 1. The molecule has 0 atom stereocenters. The smallest absolute Gasteiger partial charge is 0.340 e. The molecular formula is C14H9BrFN3O3S. The van der Waals surface area contributed by atoms with Crippen LogP contribution in [0.4, 0.5) is 10.1 Å². The summed E-state index contributed by atoms with van der Waals surface area (Å²) in [5.74, 6) is -0.726. The van der Waals surface area contributed by atoms with E-state index in [1.807, 2.05) is 12.1 Å². The Morgan fingerprint density at radius 2 is 2.17 bits per heavy atom. The van der Waals surface area contributed by atoms with E-state index in [9.17, 15) is 9.18 Å². The summed E-state index contributed by atoms with van der Waals surface area (Å²) in [5, 5.41) is 7.70. The van der Waals surface area contributed by atoms with E-state index in [0.29, 0.717) is 5.89 Å². The fourth-order valence-corrected chi connectivity index (χ4v) is 3.07. The summed E-state index contributed by atoms with van der Waals surface area (Å²) < 4.78 is 24.4. The van der Waals surface area contributed by atoms with E-state index in [1.165, 1.54) is 17.4 Å². The molecule has 0 spiro atoms. The Hall–Kier alpha value is -2.26. The van der Waals surface area contributed by atoms with E-state index in [2.05, 4.69) is 26.1 Å². The van der Waals surface area contributed by atoms with Crippen LogP contribution in [0.1, 0.15) is 16.2 Å². The Kier molecular flexibility index (Phi) is 4.39. The zero-order valence-corrected chi connectivity index (χ0v) is 13.9. The highest BCUT2D eigenvalue weighted by molar-refractivity contribution is 9.11. The molecule has 2 N–H and O–H groups in total. The summed E-state index contributed by atoms with van der Waals surface area (Å²) in [7, 11) is 0. The summed E-state index contributed by atoms with van der Waals surface area (Å²) in [5.41, 5.74) is 5.66. The number of halogens is 2. The van der Waals surface area contributed by atoms with Gasteiger partial charge < -0.3 is 14.9 Å². The van der Waals surface area contributed by atoms with Crippen LogP contribution >= 0.6 is 27.3 Å². The molecule has 23 heavy (non-hydrogen) atoms. The lowest BCUT2D eigenvalue weighted by Crippen LogP contribution is -2.08. The number of hydrogen-bond acceptors (Lipinski definition) is 7. The van der Waals surface area contributed by atoms with Crippen molar-refractivity contribution < 1.29 is 18.3 Å². The van der Waals surface area contributed by atoms with Gasteiger partial charge in [-0.15, -0.1) is 21.5 Å². The normalized spacial score (nSPS) is 10.7. The molecule has 1 aromatic carbocycles. The highest BCUT2D eigenvalue weighted by Gasteiger charge is 2.15. The Bertz CT molecular complexity index is 865. The molecule has 0 amide bonds. The zero-order valence-electron chi connectivity index (χ0n) is 11.5. The van der Waals surface area contributed by atoms with Crippen LogP contribution < -0.4 is 5.73 Å². The molecule has 0 fully saturated rings. The minimum absolute atomic E-state index is 0.00431. The number of aromatic nitrogens is 2. The topological polar surface area (TPSA) is 91.2 Å². The van der Waals surface area contributed by atoms with Gasteiger partial charge in [-0.05, 0) is 46.3 Å². The summed E-state index contributed by atoms with van der Waals surface area (Å²) in [6, 6.07) is 7.14. The van der Waals surface area contributed by atoms with E-state index in [0.717, 1.165) is 20.8 Å². The van der Waals surface area contributed by atoms with Crippen molar-refractivity contribution in [3.05, 3.63) is 51.4 Å². The van der Waals surface area contributed by atoms with E-state index < -0.39 is 11.8 Å². The van der Waals surface area contributed by atoms with Crippen LogP contribution in [0.5, 0.6) is 0 Å². The lowest BCUT2D eigenvalue weighted by atomic mass is 10.2. The number of nitrogens with zero attached hydrogens (tertiary/aromatic N) is 2. The summed E-state index contributed by atoms with van der Waals surface area (Å²) in [4.78, 5) is 12.7. The molecule has 0 unspecified atom stereocenters. The Labute approximate surface area is 142 Å². The number of benzene rings is 1. The van der Waals surface area contributed by atoms with Gasteiger partial charge in [0.25, 0.3) is 11.8 Å². The second-order valence-electron chi connectivity index (χ2n) is 4.41. The minimum atomic E-state index is -0.693. The van der Waals surface area contributed by atoms with Crippen molar-refractivity contribution in [1.29, 1.82) is 0 Å². The van der Waals surface area contributed by atoms with Gasteiger partial charge in [-0.25, -0.2) is 9.18 Å². The fraction of sp³-hybridized carbons (Fsp3) is 0.0714. The molecule has 118 valence electrons. The standard InChI is InChI=1S/C14H9BrFN3O3S/c15-11-4-3-10(23-11)13-19-18-12(22-13)6-21-14(20)8-2-1-7(16)5-9(8)17/h1-5H,6,17H2. The third-order valence-corrected chi connectivity index (χ3v) is 4.42. The maximum absolute atomic E-state index is 13.0. The van der Waals surface area contributed by atoms with Gasteiger partial charge in [-0.1, -0.05) is 0 Å². The van der Waals surface area contributed by atoms with Crippen molar-refractivity contribution in [2.45, 2.75) is 6.61 Å². The zero-order chi connectivity index (χ0) is 16.4. The first kappa shape index (κ1) is 15.6. The van der Waals surface area contributed by atoms with Crippen molar-refractivity contribution in [3.63, 3.8) is 0 Å². The molecule has 9 heteroatoms. The number of esters is 1. The molecule has 2 heterocycles. The Balaban J connectivity index is 1.66. The van der Waals surface area contributed by atoms with Gasteiger partial charge >= 0.3 is 5.97 Å². The largest absolute Gasteiger partial charge is 0.452 e. The van der Waals surface area contributed by atoms with E-state index in [1.54, 1.807) is 0 Å². The number of hydrogen-bond donors (Lipinski definition) is 1. The van der Waals surface area contributed by atoms with Crippen LogP contribution in [-0.4, -0.2) is 16.2 Å². The van der Waals surface area contributed by atoms with Crippen LogP contribution in [0.3, 0.4) is 0 Å². The van der Waals surface area contributed by atoms with E-state index in [4.69, 9.17) is 14.9 Å². The highest BCUT2D eigenvalue weighted by atomic mass is 79.9. The number of carbonyl (C=O) groups is 1. The van der Waals surface area contributed by atoms with Gasteiger partial charge in [0.1, 0.15) is 5.82 Å². The van der Waals surface area contributed by atoms with Crippen LogP contribution in [-0.2, 0) is 11.3 Å². The monoisotopic (exact) mass is 397 g/mol. The number of ether oxygens (including phenoxy) is 1. The van der Waals surface area contributed by atoms with E-state index >= 15 is 0 Å². The third kappa shape index (κ3) is 3.57. The molecule has 0 aliphatic heterocycles. The number of nitrogen functional groups attached to an aromatic ring is 1. The van der Waals surface area contributed by atoms with E-state index in [-0.39, 0.29) is 23.7 Å². The Morgan fingerprint density at radius 3 is 2.87 bits per heavy atom. The van der Waals surface area contributed by atoms with Crippen molar-refractivity contribution in [1.82, 2.24) is 10.2 Å². The van der Waals surface area contributed by atoms with Gasteiger partial charge in [0.2, 0.25) is 0 Å². The highest BCUT2D eigenvalue weighted by Crippen LogP contribution is 2.30. The van der Waals surface area contributed by atoms with Crippen LogP contribution in [0.2, 0.25) is 0 Å². The molecular weight excluding hydrogens is 389 g/mol. The SMILES string of the molecule is Nc1cc(F)ccc1C(=O)OCc1nnc(-c2ccc(Br)s2)o1. The summed E-state index contributed by atoms with van der Waals surface area (Å²) in [6.45, 7) is -0.199. The first-order valence-electron chi connectivity index (χ1n) is 6.33. The Morgan fingerprint density at radius 1 is 1.35 bits per heavy atom. The van der Waals surface area contributed by atoms with Gasteiger partial charge in [0.05, 0.1) is 14.2 Å². The maximum atomic E-state index is 13.0. The quantitative estimate of drug-likeness (QED) is 0.533. The predicted molar refractivity (Wildman–Crippen MR) is 85.2 cm³/mol. The average Bonchev–Trinajstić information content (AvgIpc) is 3.13. The van der Waals surface area contributed by atoms with Crippen LogP contribution in [0.25, 0.3) is 10.8 Å². The summed E-state index contributed by atoms with van der Waals surface area (Å²) >= 11 is 4.78. The molecule has 0 aliphatic rings. The number of thiophene rings is 1. The van der Waals surface area contributed by atoms with Crippen LogP contribution in [0.15, 0.2) is 38.5 Å². The maximum Gasteiger partial charge on any atom is 0.340 e. The third-order valence-electron chi connectivity index (χ3n) is 2.81. The lowest BCUT2D eigenvalue weighted by Gasteiger charge is -2.04. The molecule has 6 nitrogen and oxygen atoms in total. The predicted octanol–water partition coefficient (Wildman–Crippen LogP) is 3.64. The molecule has 0 aliphatic carbocycles. The van der Waals surface area contributed by atoms with Gasteiger partial charge in [0, 0.05) is 5.69 Å². The second kappa shape index (κ2) is 6.47. The lowest BCUT2D eigenvalue weighted by molar-refractivity contribution is 0.0440. The molecule has 3 aromatic rings. The number of carbonyl (C=O) groups excluding carboxylic acids is 1. The van der Waals surface area contributed by atoms with Crippen molar-refractivity contribution >= 4 is 38.9 Å². The van der Waals surface area contributed by atoms with Crippen molar-refractivity contribution in [2.75, 3.05) is 5.73 Å². The fourth-order valence-electron chi connectivity index (χ4n) is 1.77. The average molecular weight is 398 g/mol. The van der Waals surface area contributed by atoms with Crippen LogP contribution in [0, 0.1) is 5.82 Å². The summed E-state index contributed by atoms with van der Waals surface area (Å²) in [6.07, 6.45) is 0. The van der Waals surface area contributed by atoms with Gasteiger partial charge in [-0.2, -0.15) is 0 Å². The van der Waals surface area contributed by atoms with Gasteiger partial charge in [0.15, 0.2) is 6.61 Å². The molecule has 0 bridgehead atoms. The number of rotatable bonds is 4. The molecule has 3 rings (SSSR count). The molecule has 2 aromatic heterocycles. The second-order valence-corrected chi connectivity index (χ2v) is 6.88. The molecule has 0 saturated heterocycles. The first-order valence-corrected chi connectivity index (χ1v) is 7.94. The van der Waals surface area contributed by atoms with Gasteiger partial charge in [-0.3, -0.25) is 0 Å². The molecule has 0 saturated carbocycles. The first-order chi connectivity index (χ1) is 11.0. The van der Waals surface area contributed by atoms with Crippen molar-refractivity contribution in [2.24, 2.45) is 0 Å². The minimum Gasteiger partial charge on any atom is -0.452 e. The molecule has 0 radical (unpaired) electrons. The van der Waals surface area contributed by atoms with Crippen molar-refractivity contribution in [3.8, 4) is 10.8 Å².